The van der Waals surface area contributed by atoms with Crippen molar-refractivity contribution in [1.82, 2.24) is 4.98 Å². The van der Waals surface area contributed by atoms with E-state index in [0.29, 0.717) is 17.5 Å². The highest BCUT2D eigenvalue weighted by Gasteiger charge is 2.35. The molecule has 2 atom stereocenters. The van der Waals surface area contributed by atoms with Gasteiger partial charge >= 0.3 is 5.97 Å². The molecule has 7 heteroatoms. The number of rotatable bonds is 5. The van der Waals surface area contributed by atoms with Crippen molar-refractivity contribution in [3.8, 4) is 16.3 Å². The first-order valence-corrected chi connectivity index (χ1v) is 11.3. The lowest BCUT2D eigenvalue weighted by molar-refractivity contribution is -0.147. The number of carbonyl (C=O) groups excluding carboxylic acids is 1. The van der Waals surface area contributed by atoms with Crippen LogP contribution in [-0.4, -0.2) is 24.7 Å². The van der Waals surface area contributed by atoms with E-state index < -0.39 is 6.10 Å². The average Bonchev–Trinajstić information content (AvgIpc) is 2.98. The lowest BCUT2D eigenvalue weighted by Crippen LogP contribution is -2.16. The summed E-state index contributed by atoms with van der Waals surface area (Å²) in [6.45, 7) is 6.34. The minimum atomic E-state index is -0.508. The predicted molar refractivity (Wildman–Crippen MR) is 122 cm³/mol. The highest BCUT2D eigenvalue weighted by molar-refractivity contribution is 7.15. The summed E-state index contributed by atoms with van der Waals surface area (Å²) in [5.74, 6) is 0.176. The fourth-order valence-corrected chi connectivity index (χ4v) is 5.24. The van der Waals surface area contributed by atoms with Crippen LogP contribution < -0.4 is 4.74 Å². The van der Waals surface area contributed by atoms with Crippen molar-refractivity contribution in [2.75, 3.05) is 13.7 Å². The summed E-state index contributed by atoms with van der Waals surface area (Å²) in [6.07, 6.45) is 1.06. The molecule has 0 amide bonds. The van der Waals surface area contributed by atoms with Crippen LogP contribution >= 0.6 is 22.9 Å². The number of hydrogen-bond donors (Lipinski definition) is 0. The Kier molecular flexibility index (Phi) is 6.32. The third-order valence-electron chi connectivity index (χ3n) is 5.54. The summed E-state index contributed by atoms with van der Waals surface area (Å²) < 4.78 is 17.3. The number of nitrogens with zero attached hydrogens (tertiary/aromatic N) is 1. The molecule has 1 aliphatic rings. The molecule has 0 aliphatic carbocycles. The molecular formula is C24H24ClNO4S. The van der Waals surface area contributed by atoms with Crippen LogP contribution in [0, 0.1) is 13.8 Å². The number of ether oxygens (including phenoxy) is 3. The van der Waals surface area contributed by atoms with Crippen molar-refractivity contribution in [3.05, 3.63) is 68.7 Å². The van der Waals surface area contributed by atoms with E-state index in [2.05, 4.69) is 18.8 Å². The number of halogens is 1. The number of pyridine rings is 1. The highest BCUT2D eigenvalue weighted by Crippen LogP contribution is 2.50. The maximum atomic E-state index is 12.4. The first-order chi connectivity index (χ1) is 14.9. The van der Waals surface area contributed by atoms with Crippen LogP contribution in [0.15, 0.2) is 36.5 Å². The predicted octanol–water partition coefficient (Wildman–Crippen LogP) is 6.20. The third-order valence-corrected chi connectivity index (χ3v) is 7.04. The Morgan fingerprint density at radius 2 is 2.00 bits per heavy atom. The standard InChI is InChI=1S/C24H24ClNO4S/c1-5-29-21(27)11-19-17-10-20(28-4)26-12-18(17)24-22(13(2)14(3)31-24)23(30-19)15-6-8-16(25)9-7-15/h6-10,12,19,23H,5,11H2,1-4H3. The Morgan fingerprint density at radius 1 is 1.26 bits per heavy atom. The molecule has 5 nitrogen and oxygen atoms in total. The van der Waals surface area contributed by atoms with Crippen LogP contribution in [0.3, 0.4) is 0 Å². The van der Waals surface area contributed by atoms with Crippen LogP contribution in [-0.2, 0) is 14.3 Å². The van der Waals surface area contributed by atoms with Gasteiger partial charge in [-0.2, -0.15) is 0 Å². The summed E-state index contributed by atoms with van der Waals surface area (Å²) in [7, 11) is 1.58. The van der Waals surface area contributed by atoms with Crippen molar-refractivity contribution in [3.63, 3.8) is 0 Å². The molecule has 0 N–H and O–H groups in total. The minimum Gasteiger partial charge on any atom is -0.481 e. The number of esters is 1. The molecule has 1 aliphatic heterocycles. The number of thiophene rings is 1. The molecule has 0 saturated carbocycles. The number of carbonyl (C=O) groups is 1. The molecule has 2 unspecified atom stereocenters. The number of fused-ring (bicyclic) bond motifs is 3. The van der Waals surface area contributed by atoms with Gasteiger partial charge < -0.3 is 14.2 Å². The molecule has 0 radical (unpaired) electrons. The number of hydrogen-bond acceptors (Lipinski definition) is 6. The second-order valence-corrected chi connectivity index (χ2v) is 9.07. The Bertz CT molecular complexity index is 1110. The lowest BCUT2D eigenvalue weighted by atomic mass is 9.95. The van der Waals surface area contributed by atoms with Crippen LogP contribution in [0.5, 0.6) is 5.88 Å². The van der Waals surface area contributed by atoms with Crippen LogP contribution in [0.25, 0.3) is 10.4 Å². The zero-order valence-corrected chi connectivity index (χ0v) is 19.5. The van der Waals surface area contributed by atoms with Gasteiger partial charge in [-0.3, -0.25) is 4.79 Å². The van der Waals surface area contributed by atoms with Gasteiger partial charge in [-0.05, 0) is 49.6 Å². The second kappa shape index (κ2) is 8.99. The van der Waals surface area contributed by atoms with E-state index in [1.54, 1.807) is 25.4 Å². The first-order valence-electron chi connectivity index (χ1n) is 10.1. The molecule has 3 heterocycles. The number of aryl methyl sites for hydroxylation is 1. The van der Waals surface area contributed by atoms with E-state index in [4.69, 9.17) is 25.8 Å². The minimum absolute atomic E-state index is 0.102. The van der Waals surface area contributed by atoms with E-state index >= 15 is 0 Å². The Labute approximate surface area is 190 Å². The van der Waals surface area contributed by atoms with Gasteiger partial charge in [0.2, 0.25) is 5.88 Å². The van der Waals surface area contributed by atoms with E-state index in [1.165, 1.54) is 10.4 Å². The van der Waals surface area contributed by atoms with E-state index in [-0.39, 0.29) is 18.5 Å². The van der Waals surface area contributed by atoms with E-state index in [1.807, 2.05) is 36.5 Å². The summed E-state index contributed by atoms with van der Waals surface area (Å²) in [5.41, 5.74) is 5.10. The van der Waals surface area contributed by atoms with Crippen LogP contribution in [0.1, 0.15) is 52.7 Å². The second-order valence-electron chi connectivity index (χ2n) is 7.41. The Hall–Kier alpha value is -2.41. The van der Waals surface area contributed by atoms with E-state index in [9.17, 15) is 4.79 Å². The van der Waals surface area contributed by atoms with Crippen molar-refractivity contribution in [1.29, 1.82) is 0 Å². The number of methoxy groups -OCH3 is 1. The van der Waals surface area contributed by atoms with Crippen LogP contribution in [0.4, 0.5) is 0 Å². The van der Waals surface area contributed by atoms with Gasteiger partial charge in [-0.25, -0.2) is 4.98 Å². The summed E-state index contributed by atoms with van der Waals surface area (Å²) in [6, 6.07) is 9.52. The fraction of sp³-hybridized carbons (Fsp3) is 0.333. The highest BCUT2D eigenvalue weighted by atomic mass is 35.5. The van der Waals surface area contributed by atoms with Gasteiger partial charge in [-0.15, -0.1) is 11.3 Å². The van der Waals surface area contributed by atoms with Crippen LogP contribution in [0.2, 0.25) is 5.02 Å². The average molecular weight is 458 g/mol. The normalized spacial score (nSPS) is 17.5. The monoisotopic (exact) mass is 457 g/mol. The van der Waals surface area contributed by atoms with Crippen molar-refractivity contribution in [2.24, 2.45) is 0 Å². The summed E-state index contributed by atoms with van der Waals surface area (Å²) in [5, 5.41) is 0.663. The SMILES string of the molecule is CCOC(=O)CC1OC(c2ccc(Cl)cc2)c2c(sc(C)c2C)-c2cnc(OC)cc21. The van der Waals surface area contributed by atoms with Crippen molar-refractivity contribution < 1.29 is 19.0 Å². The maximum Gasteiger partial charge on any atom is 0.308 e. The third kappa shape index (κ3) is 4.20. The Balaban J connectivity index is 1.91. The molecular weight excluding hydrogens is 434 g/mol. The maximum absolute atomic E-state index is 12.4. The lowest BCUT2D eigenvalue weighted by Gasteiger charge is -2.24. The molecule has 31 heavy (non-hydrogen) atoms. The molecule has 2 aromatic heterocycles. The topological polar surface area (TPSA) is 57.7 Å². The Morgan fingerprint density at radius 3 is 2.68 bits per heavy atom. The quantitative estimate of drug-likeness (QED) is 0.427. The van der Waals surface area contributed by atoms with Gasteiger partial charge in [0, 0.05) is 38.2 Å². The van der Waals surface area contributed by atoms with Crippen molar-refractivity contribution in [2.45, 2.75) is 39.4 Å². The molecule has 0 saturated heterocycles. The molecule has 162 valence electrons. The summed E-state index contributed by atoms with van der Waals surface area (Å²) >= 11 is 7.85. The fourth-order valence-electron chi connectivity index (χ4n) is 3.90. The van der Waals surface area contributed by atoms with Gasteiger partial charge in [0.05, 0.1) is 26.2 Å². The van der Waals surface area contributed by atoms with Gasteiger partial charge in [0.25, 0.3) is 0 Å². The molecule has 0 fully saturated rings. The first kappa shape index (κ1) is 21.8. The molecule has 0 spiro atoms. The zero-order chi connectivity index (χ0) is 22.1. The number of aromatic nitrogens is 1. The smallest absolute Gasteiger partial charge is 0.308 e. The van der Waals surface area contributed by atoms with Gasteiger partial charge in [0.15, 0.2) is 0 Å². The largest absolute Gasteiger partial charge is 0.481 e. The molecule has 1 aromatic carbocycles. The molecule has 0 bridgehead atoms. The number of benzene rings is 1. The summed E-state index contributed by atoms with van der Waals surface area (Å²) in [4.78, 5) is 19.2. The van der Waals surface area contributed by atoms with Gasteiger partial charge in [0.1, 0.15) is 6.10 Å². The zero-order valence-electron chi connectivity index (χ0n) is 17.9. The van der Waals surface area contributed by atoms with E-state index in [0.717, 1.165) is 27.1 Å². The van der Waals surface area contributed by atoms with Gasteiger partial charge in [-0.1, -0.05) is 23.7 Å². The molecule has 4 rings (SSSR count). The van der Waals surface area contributed by atoms with Crippen molar-refractivity contribution >= 4 is 28.9 Å². The molecule has 3 aromatic rings.